The predicted molar refractivity (Wildman–Crippen MR) is 74.0 cm³/mol. The number of hydrogen-bond donors (Lipinski definition) is 4. The van der Waals surface area contributed by atoms with Gasteiger partial charge in [0.05, 0.1) is 11.1 Å². The highest BCUT2D eigenvalue weighted by molar-refractivity contribution is 6.05. The van der Waals surface area contributed by atoms with Crippen LogP contribution in [0.25, 0.3) is 0 Å². The van der Waals surface area contributed by atoms with E-state index in [0.717, 1.165) is 0 Å². The first-order valence-corrected chi connectivity index (χ1v) is 6.44. The number of benzene rings is 1. The number of amides is 2. The molecule has 1 aromatic carbocycles. The summed E-state index contributed by atoms with van der Waals surface area (Å²) in [4.78, 5) is 34.8. The number of carboxylic acids is 1. The van der Waals surface area contributed by atoms with Crippen molar-refractivity contribution in [1.82, 2.24) is 10.8 Å². The summed E-state index contributed by atoms with van der Waals surface area (Å²) in [5.74, 6) is -2.55. The molecule has 0 aliphatic carbocycles. The highest BCUT2D eigenvalue weighted by Crippen LogP contribution is 2.11. The van der Waals surface area contributed by atoms with Crippen LogP contribution in [-0.4, -0.2) is 34.1 Å². The number of hydroxylamine groups is 1. The Morgan fingerprint density at radius 2 is 1.71 bits per heavy atom. The number of hydrogen-bond acceptors (Lipinski definition) is 4. The lowest BCUT2D eigenvalue weighted by Gasteiger charge is -2.19. The summed E-state index contributed by atoms with van der Waals surface area (Å²) < 4.78 is 0. The van der Waals surface area contributed by atoms with Gasteiger partial charge in [0, 0.05) is 0 Å². The highest BCUT2D eigenvalue weighted by Gasteiger charge is 2.24. The Balaban J connectivity index is 2.97. The second-order valence-corrected chi connectivity index (χ2v) is 4.98. The molecule has 0 radical (unpaired) electrons. The van der Waals surface area contributed by atoms with Crippen LogP contribution < -0.4 is 10.8 Å². The first-order chi connectivity index (χ1) is 9.86. The van der Waals surface area contributed by atoms with E-state index in [0.29, 0.717) is 6.42 Å². The third-order valence-corrected chi connectivity index (χ3v) is 2.84. The Hall–Kier alpha value is -2.41. The monoisotopic (exact) mass is 294 g/mol. The number of carbonyl (C=O) groups excluding carboxylic acids is 2. The van der Waals surface area contributed by atoms with Crippen LogP contribution in [-0.2, 0) is 4.79 Å². The van der Waals surface area contributed by atoms with Gasteiger partial charge in [0.25, 0.3) is 11.8 Å². The van der Waals surface area contributed by atoms with Crippen LogP contribution in [0.15, 0.2) is 24.3 Å². The van der Waals surface area contributed by atoms with Crippen molar-refractivity contribution in [2.45, 2.75) is 26.3 Å². The second-order valence-electron chi connectivity index (χ2n) is 4.98. The molecule has 1 atom stereocenters. The van der Waals surface area contributed by atoms with Crippen LogP contribution in [0.5, 0.6) is 0 Å². The lowest BCUT2D eigenvalue weighted by atomic mass is 10.0. The van der Waals surface area contributed by atoms with Crippen molar-refractivity contribution in [2.75, 3.05) is 0 Å². The molecule has 0 saturated carbocycles. The zero-order chi connectivity index (χ0) is 16.0. The maximum atomic E-state index is 12.1. The van der Waals surface area contributed by atoms with Crippen molar-refractivity contribution in [3.63, 3.8) is 0 Å². The van der Waals surface area contributed by atoms with E-state index < -0.39 is 23.8 Å². The number of carboxylic acid groups (broad SMARTS) is 1. The van der Waals surface area contributed by atoms with Crippen molar-refractivity contribution in [2.24, 2.45) is 5.92 Å². The van der Waals surface area contributed by atoms with Crippen molar-refractivity contribution in [3.05, 3.63) is 35.4 Å². The fraction of sp³-hybridized carbons (Fsp3) is 0.357. The number of rotatable bonds is 6. The summed E-state index contributed by atoms with van der Waals surface area (Å²) in [6, 6.07) is 4.77. The van der Waals surface area contributed by atoms with Gasteiger partial charge in [-0.15, -0.1) is 0 Å². The van der Waals surface area contributed by atoms with E-state index in [-0.39, 0.29) is 17.0 Å². The molecule has 0 heterocycles. The van der Waals surface area contributed by atoms with Crippen LogP contribution in [0.4, 0.5) is 0 Å². The van der Waals surface area contributed by atoms with Crippen LogP contribution in [0, 0.1) is 5.92 Å². The molecule has 21 heavy (non-hydrogen) atoms. The van der Waals surface area contributed by atoms with Crippen LogP contribution in [0.3, 0.4) is 0 Å². The smallest absolute Gasteiger partial charge is 0.336 e. The van der Waals surface area contributed by atoms with Crippen molar-refractivity contribution >= 4 is 17.8 Å². The van der Waals surface area contributed by atoms with E-state index in [9.17, 15) is 14.4 Å². The van der Waals surface area contributed by atoms with Gasteiger partial charge >= 0.3 is 5.97 Å². The molecule has 4 N–H and O–H groups in total. The lowest BCUT2D eigenvalue weighted by Crippen LogP contribution is -2.46. The first-order valence-electron chi connectivity index (χ1n) is 6.44. The quantitative estimate of drug-likeness (QED) is 0.462. The fourth-order valence-corrected chi connectivity index (χ4v) is 1.88. The van der Waals surface area contributed by atoms with Gasteiger partial charge in [0.15, 0.2) is 0 Å². The molecule has 0 aliphatic heterocycles. The van der Waals surface area contributed by atoms with Crippen molar-refractivity contribution < 1.29 is 24.7 Å². The topological polar surface area (TPSA) is 116 Å². The van der Waals surface area contributed by atoms with Crippen LogP contribution in [0.1, 0.15) is 41.0 Å². The van der Waals surface area contributed by atoms with E-state index >= 15 is 0 Å². The molecular formula is C14H18N2O5. The van der Waals surface area contributed by atoms with E-state index in [1.807, 2.05) is 13.8 Å². The summed E-state index contributed by atoms with van der Waals surface area (Å²) >= 11 is 0. The Kier molecular flexibility index (Phi) is 5.86. The number of carbonyl (C=O) groups is 3. The Morgan fingerprint density at radius 3 is 2.19 bits per heavy atom. The first kappa shape index (κ1) is 16.6. The Bertz CT molecular complexity index is 542. The molecule has 0 unspecified atom stereocenters. The van der Waals surface area contributed by atoms with Gasteiger partial charge in [0.2, 0.25) is 0 Å². The molecule has 0 spiro atoms. The zero-order valence-electron chi connectivity index (χ0n) is 11.8. The minimum Gasteiger partial charge on any atom is -0.478 e. The summed E-state index contributed by atoms with van der Waals surface area (Å²) in [6.45, 7) is 3.71. The maximum absolute atomic E-state index is 12.1. The van der Waals surface area contributed by atoms with Crippen LogP contribution >= 0.6 is 0 Å². The van der Waals surface area contributed by atoms with E-state index in [1.165, 1.54) is 29.7 Å². The van der Waals surface area contributed by atoms with Gasteiger partial charge in [-0.05, 0) is 24.5 Å². The molecule has 1 aromatic rings. The van der Waals surface area contributed by atoms with Gasteiger partial charge in [-0.3, -0.25) is 14.8 Å². The third-order valence-electron chi connectivity index (χ3n) is 2.84. The van der Waals surface area contributed by atoms with Crippen LogP contribution in [0.2, 0.25) is 0 Å². The van der Waals surface area contributed by atoms with Gasteiger partial charge in [-0.1, -0.05) is 26.0 Å². The third kappa shape index (κ3) is 4.57. The Morgan fingerprint density at radius 1 is 1.14 bits per heavy atom. The van der Waals surface area contributed by atoms with E-state index in [1.54, 1.807) is 0 Å². The molecule has 2 amide bonds. The maximum Gasteiger partial charge on any atom is 0.336 e. The molecule has 7 heteroatoms. The lowest BCUT2D eigenvalue weighted by molar-refractivity contribution is -0.131. The highest BCUT2D eigenvalue weighted by atomic mass is 16.5. The number of nitrogens with one attached hydrogen (secondary N) is 2. The van der Waals surface area contributed by atoms with Gasteiger partial charge in [-0.25, -0.2) is 10.3 Å². The molecule has 0 fully saturated rings. The average molecular weight is 294 g/mol. The van der Waals surface area contributed by atoms with E-state index in [2.05, 4.69) is 5.32 Å². The van der Waals surface area contributed by atoms with Gasteiger partial charge < -0.3 is 10.4 Å². The molecule has 0 aromatic heterocycles. The second kappa shape index (κ2) is 7.39. The standard InChI is InChI=1S/C14H18N2O5/c1-8(2)7-11(13(18)16-21)15-12(17)9-5-3-4-6-10(9)14(19)20/h3-6,8,11,21H,7H2,1-2H3,(H,15,17)(H,16,18)(H,19,20)/t11-/m1/s1. The molecule has 114 valence electrons. The normalized spacial score (nSPS) is 11.8. The molecule has 1 rings (SSSR count). The SMILES string of the molecule is CC(C)C[C@@H](NC(=O)c1ccccc1C(=O)O)C(=O)NO. The largest absolute Gasteiger partial charge is 0.478 e. The molecular weight excluding hydrogens is 276 g/mol. The van der Waals surface area contributed by atoms with Crippen molar-refractivity contribution in [1.29, 1.82) is 0 Å². The molecule has 7 nitrogen and oxygen atoms in total. The molecule has 0 bridgehead atoms. The summed E-state index contributed by atoms with van der Waals surface area (Å²) in [7, 11) is 0. The minimum atomic E-state index is -1.23. The zero-order valence-corrected chi connectivity index (χ0v) is 11.8. The number of aromatic carboxylic acids is 1. The van der Waals surface area contributed by atoms with Gasteiger partial charge in [0.1, 0.15) is 6.04 Å². The Labute approximate surface area is 121 Å². The summed E-state index contributed by atoms with van der Waals surface area (Å²) in [5, 5.41) is 20.2. The van der Waals surface area contributed by atoms with Crippen molar-refractivity contribution in [3.8, 4) is 0 Å². The summed E-state index contributed by atoms with van der Waals surface area (Å²) in [6.07, 6.45) is 0.313. The average Bonchev–Trinajstić information content (AvgIpc) is 2.45. The fourth-order valence-electron chi connectivity index (χ4n) is 1.88. The molecule has 0 aliphatic rings. The minimum absolute atomic E-state index is 0.0375. The van der Waals surface area contributed by atoms with E-state index in [4.69, 9.17) is 10.3 Å². The molecule has 0 saturated heterocycles. The predicted octanol–water partition coefficient (Wildman–Crippen LogP) is 1.03. The summed E-state index contributed by atoms with van der Waals surface area (Å²) in [5.41, 5.74) is 1.31. The van der Waals surface area contributed by atoms with Gasteiger partial charge in [-0.2, -0.15) is 0 Å².